The number of aromatic nitrogens is 1. The van der Waals surface area contributed by atoms with Gasteiger partial charge in [-0.3, -0.25) is 9.69 Å². The molecule has 1 fully saturated rings. The van der Waals surface area contributed by atoms with Gasteiger partial charge in [0.25, 0.3) is 5.91 Å². The van der Waals surface area contributed by atoms with E-state index in [9.17, 15) is 4.79 Å². The maximum atomic E-state index is 12.3. The maximum Gasteiger partial charge on any atom is 0.251 e. The Labute approximate surface area is 169 Å². The van der Waals surface area contributed by atoms with Gasteiger partial charge in [-0.05, 0) is 43.2 Å². The lowest BCUT2D eigenvalue weighted by Crippen LogP contribution is -2.44. The van der Waals surface area contributed by atoms with E-state index in [1.54, 1.807) is 6.26 Å². The lowest BCUT2D eigenvalue weighted by Gasteiger charge is -2.31. The number of rotatable bonds is 5. The number of likely N-dealkylation sites (tertiary alicyclic amines) is 1. The van der Waals surface area contributed by atoms with Crippen LogP contribution in [0.1, 0.15) is 28.9 Å². The summed E-state index contributed by atoms with van der Waals surface area (Å²) < 4.78 is 5.62. The van der Waals surface area contributed by atoms with E-state index < -0.39 is 0 Å². The first-order valence-corrected chi connectivity index (χ1v) is 9.84. The third-order valence-corrected chi connectivity index (χ3v) is 5.20. The number of piperidine rings is 1. The highest BCUT2D eigenvalue weighted by Gasteiger charge is 2.22. The number of nitrogens with one attached hydrogen (secondary N) is 1. The van der Waals surface area contributed by atoms with Crippen molar-refractivity contribution in [1.29, 1.82) is 0 Å². The molecule has 2 heterocycles. The Morgan fingerprint density at radius 3 is 2.68 bits per heavy atom. The lowest BCUT2D eigenvalue weighted by molar-refractivity contribution is 0.0908. The van der Waals surface area contributed by atoms with Crippen LogP contribution >= 0.6 is 11.6 Å². The van der Waals surface area contributed by atoms with Crippen LogP contribution in [0.5, 0.6) is 0 Å². The summed E-state index contributed by atoms with van der Waals surface area (Å²) in [7, 11) is 0. The second kappa shape index (κ2) is 8.59. The largest absolute Gasteiger partial charge is 0.444 e. The molecule has 4 rings (SSSR count). The van der Waals surface area contributed by atoms with Crippen LogP contribution < -0.4 is 5.32 Å². The Balaban J connectivity index is 1.28. The van der Waals surface area contributed by atoms with Crippen molar-refractivity contribution >= 4 is 17.5 Å². The monoisotopic (exact) mass is 395 g/mol. The van der Waals surface area contributed by atoms with E-state index in [0.29, 0.717) is 16.5 Å². The van der Waals surface area contributed by atoms with Crippen molar-refractivity contribution in [3.05, 3.63) is 77.1 Å². The molecular formula is C22H22ClN3O2. The summed E-state index contributed by atoms with van der Waals surface area (Å²) in [6.07, 6.45) is 3.56. The Morgan fingerprint density at radius 1 is 1.14 bits per heavy atom. The van der Waals surface area contributed by atoms with Gasteiger partial charge in [-0.2, -0.15) is 0 Å². The van der Waals surface area contributed by atoms with E-state index >= 15 is 0 Å². The molecule has 0 unspecified atom stereocenters. The van der Waals surface area contributed by atoms with Crippen molar-refractivity contribution in [2.75, 3.05) is 13.1 Å². The molecule has 0 bridgehead atoms. The molecule has 2 aromatic carbocycles. The summed E-state index contributed by atoms with van der Waals surface area (Å²) >= 11 is 6.04. The van der Waals surface area contributed by atoms with Gasteiger partial charge < -0.3 is 9.73 Å². The van der Waals surface area contributed by atoms with Crippen LogP contribution in [-0.2, 0) is 6.54 Å². The number of amides is 1. The molecule has 0 spiro atoms. The average molecular weight is 396 g/mol. The molecule has 1 aromatic heterocycles. The quantitative estimate of drug-likeness (QED) is 0.696. The van der Waals surface area contributed by atoms with E-state index in [0.717, 1.165) is 43.7 Å². The second-order valence-corrected chi connectivity index (χ2v) is 7.48. The molecule has 0 aliphatic carbocycles. The number of carbonyl (C=O) groups is 1. The maximum absolute atomic E-state index is 12.3. The molecule has 1 aliphatic heterocycles. The third-order valence-electron chi connectivity index (χ3n) is 4.97. The zero-order chi connectivity index (χ0) is 19.3. The van der Waals surface area contributed by atoms with Crippen LogP contribution in [0.25, 0.3) is 11.5 Å². The van der Waals surface area contributed by atoms with Crippen molar-refractivity contribution in [3.8, 4) is 11.5 Å². The summed E-state index contributed by atoms with van der Waals surface area (Å²) in [5, 5.41) is 3.80. The van der Waals surface area contributed by atoms with E-state index in [-0.39, 0.29) is 11.9 Å². The van der Waals surface area contributed by atoms with Gasteiger partial charge in [0.1, 0.15) is 6.26 Å². The zero-order valence-electron chi connectivity index (χ0n) is 15.5. The van der Waals surface area contributed by atoms with Crippen LogP contribution in [0.4, 0.5) is 0 Å². The molecule has 0 saturated carbocycles. The number of hydrogen-bond acceptors (Lipinski definition) is 4. The minimum atomic E-state index is 0.00159. The van der Waals surface area contributed by atoms with Gasteiger partial charge in [-0.25, -0.2) is 4.98 Å². The molecule has 0 radical (unpaired) electrons. The number of halogens is 1. The van der Waals surface area contributed by atoms with Gasteiger partial charge in [-0.15, -0.1) is 0 Å². The Bertz CT molecular complexity index is 934. The summed E-state index contributed by atoms with van der Waals surface area (Å²) in [5.41, 5.74) is 2.49. The highest BCUT2D eigenvalue weighted by atomic mass is 35.5. The second-order valence-electron chi connectivity index (χ2n) is 7.04. The predicted molar refractivity (Wildman–Crippen MR) is 109 cm³/mol. The highest BCUT2D eigenvalue weighted by molar-refractivity contribution is 6.30. The molecule has 28 heavy (non-hydrogen) atoms. The molecule has 3 aromatic rings. The van der Waals surface area contributed by atoms with Crippen molar-refractivity contribution in [1.82, 2.24) is 15.2 Å². The number of oxazole rings is 1. The summed E-state index contributed by atoms with van der Waals surface area (Å²) in [4.78, 5) is 19.2. The predicted octanol–water partition coefficient (Wildman–Crippen LogP) is 4.39. The molecule has 5 nitrogen and oxygen atoms in total. The summed E-state index contributed by atoms with van der Waals surface area (Å²) in [5.74, 6) is 0.587. The molecular weight excluding hydrogens is 374 g/mol. The SMILES string of the molecule is O=C(NC1CCN(Cc2coc(-c3cccc(Cl)c3)n2)CC1)c1ccccc1. The van der Waals surface area contributed by atoms with Crippen molar-refractivity contribution < 1.29 is 9.21 Å². The van der Waals surface area contributed by atoms with Crippen molar-refractivity contribution in [2.45, 2.75) is 25.4 Å². The van der Waals surface area contributed by atoms with E-state index in [1.165, 1.54) is 0 Å². The molecule has 1 N–H and O–H groups in total. The fourth-order valence-corrected chi connectivity index (χ4v) is 3.65. The highest BCUT2D eigenvalue weighted by Crippen LogP contribution is 2.23. The topological polar surface area (TPSA) is 58.4 Å². The van der Waals surface area contributed by atoms with Crippen LogP contribution in [0.2, 0.25) is 5.02 Å². The molecule has 6 heteroatoms. The van der Waals surface area contributed by atoms with E-state index in [4.69, 9.17) is 16.0 Å². The van der Waals surface area contributed by atoms with Gasteiger partial charge in [0.15, 0.2) is 0 Å². The lowest BCUT2D eigenvalue weighted by atomic mass is 10.0. The Hall–Kier alpha value is -2.63. The molecule has 1 saturated heterocycles. The summed E-state index contributed by atoms with van der Waals surface area (Å²) in [6.45, 7) is 2.57. The zero-order valence-corrected chi connectivity index (χ0v) is 16.2. The Morgan fingerprint density at radius 2 is 1.93 bits per heavy atom. The van der Waals surface area contributed by atoms with Crippen molar-refractivity contribution in [2.24, 2.45) is 0 Å². The van der Waals surface area contributed by atoms with Crippen LogP contribution in [0.3, 0.4) is 0 Å². The molecule has 0 atom stereocenters. The van der Waals surface area contributed by atoms with E-state index in [2.05, 4.69) is 15.2 Å². The first-order valence-electron chi connectivity index (χ1n) is 9.46. The number of carbonyl (C=O) groups excluding carboxylic acids is 1. The minimum Gasteiger partial charge on any atom is -0.444 e. The molecule has 1 amide bonds. The average Bonchev–Trinajstić information content (AvgIpc) is 3.19. The molecule has 144 valence electrons. The number of benzene rings is 2. The van der Waals surface area contributed by atoms with Crippen LogP contribution in [0, 0.1) is 0 Å². The molecule has 1 aliphatic rings. The van der Waals surface area contributed by atoms with Crippen LogP contribution in [0.15, 0.2) is 65.3 Å². The Kier molecular flexibility index (Phi) is 5.74. The first kappa shape index (κ1) is 18.7. The number of nitrogens with zero attached hydrogens (tertiary/aromatic N) is 2. The fraction of sp³-hybridized carbons (Fsp3) is 0.273. The standard InChI is InChI=1S/C22H22ClN3O2/c23-18-8-4-7-17(13-18)22-25-20(15-28-22)14-26-11-9-19(10-12-26)24-21(27)16-5-2-1-3-6-16/h1-8,13,15,19H,9-12,14H2,(H,24,27). The first-order chi connectivity index (χ1) is 13.7. The fourth-order valence-electron chi connectivity index (χ4n) is 3.46. The normalized spacial score (nSPS) is 15.5. The van der Waals surface area contributed by atoms with E-state index in [1.807, 2.05) is 54.6 Å². The smallest absolute Gasteiger partial charge is 0.251 e. The van der Waals surface area contributed by atoms with Crippen molar-refractivity contribution in [3.63, 3.8) is 0 Å². The number of hydrogen-bond donors (Lipinski definition) is 1. The minimum absolute atomic E-state index is 0.00159. The van der Waals surface area contributed by atoms with Gasteiger partial charge in [-0.1, -0.05) is 35.9 Å². The van der Waals surface area contributed by atoms with Gasteiger partial charge in [0.05, 0.1) is 5.69 Å². The third kappa shape index (κ3) is 4.61. The van der Waals surface area contributed by atoms with Gasteiger partial charge in [0, 0.05) is 41.8 Å². The van der Waals surface area contributed by atoms with Gasteiger partial charge >= 0.3 is 0 Å². The van der Waals surface area contributed by atoms with Crippen LogP contribution in [-0.4, -0.2) is 34.9 Å². The summed E-state index contributed by atoms with van der Waals surface area (Å²) in [6, 6.07) is 17.1. The van der Waals surface area contributed by atoms with Gasteiger partial charge in [0.2, 0.25) is 5.89 Å².